The van der Waals surface area contributed by atoms with Crippen molar-refractivity contribution in [1.29, 1.82) is 0 Å². The van der Waals surface area contributed by atoms with Crippen molar-refractivity contribution in [2.24, 2.45) is 0 Å². The lowest BCUT2D eigenvalue weighted by molar-refractivity contribution is -0.135. The highest BCUT2D eigenvalue weighted by atomic mass is 19.1. The van der Waals surface area contributed by atoms with Crippen molar-refractivity contribution in [3.8, 4) is 0 Å². The van der Waals surface area contributed by atoms with Gasteiger partial charge in [-0.2, -0.15) is 0 Å². The molecule has 2 aliphatic rings. The summed E-state index contributed by atoms with van der Waals surface area (Å²) in [5.74, 6) is -1.95. The third-order valence-electron chi connectivity index (χ3n) is 7.89. The number of piperazine rings is 1. The average molecular weight is 573 g/mol. The highest BCUT2D eigenvalue weighted by Gasteiger charge is 2.29. The van der Waals surface area contributed by atoms with E-state index in [1.807, 2.05) is 29.2 Å². The summed E-state index contributed by atoms with van der Waals surface area (Å²) in [6, 6.07) is 16.5. The van der Waals surface area contributed by atoms with E-state index in [0.29, 0.717) is 41.9 Å². The molecule has 0 aliphatic carbocycles. The summed E-state index contributed by atoms with van der Waals surface area (Å²) in [5, 5.41) is 6.03. The zero-order valence-corrected chi connectivity index (χ0v) is 22.9. The summed E-state index contributed by atoms with van der Waals surface area (Å²) >= 11 is 0. The van der Waals surface area contributed by atoms with Gasteiger partial charge < -0.3 is 10.2 Å². The topological polar surface area (TPSA) is 99.6 Å². The monoisotopic (exact) mass is 572 g/mol. The Kier molecular flexibility index (Phi) is 7.66. The average Bonchev–Trinajstić information content (AvgIpc) is 2.98. The molecule has 2 N–H and O–H groups in total. The maximum Gasteiger partial charge on any atom is 0.264 e. The summed E-state index contributed by atoms with van der Waals surface area (Å²) < 4.78 is 28.7. The molecule has 2 aliphatic heterocycles. The van der Waals surface area contributed by atoms with Crippen LogP contribution in [0.4, 0.5) is 20.2 Å². The first-order chi connectivity index (χ1) is 20.4. The van der Waals surface area contributed by atoms with Crippen molar-refractivity contribution in [1.82, 2.24) is 19.8 Å². The minimum Gasteiger partial charge on any atom is -0.380 e. The van der Waals surface area contributed by atoms with Gasteiger partial charge in [-0.15, -0.1) is 0 Å². The van der Waals surface area contributed by atoms with Gasteiger partial charge in [0.2, 0.25) is 11.8 Å². The maximum absolute atomic E-state index is 14.2. The van der Waals surface area contributed by atoms with Crippen molar-refractivity contribution in [2.45, 2.75) is 32.0 Å². The fourth-order valence-corrected chi connectivity index (χ4v) is 5.60. The van der Waals surface area contributed by atoms with Crippen LogP contribution in [0, 0.1) is 11.6 Å². The number of halogens is 2. The summed E-state index contributed by atoms with van der Waals surface area (Å²) in [4.78, 5) is 46.0. The minimum absolute atomic E-state index is 0.170. The van der Waals surface area contributed by atoms with E-state index in [-0.39, 0.29) is 24.3 Å². The normalized spacial score (nSPS) is 17.9. The van der Waals surface area contributed by atoms with Crippen LogP contribution < -0.4 is 21.1 Å². The van der Waals surface area contributed by atoms with Gasteiger partial charge in [0.1, 0.15) is 17.7 Å². The van der Waals surface area contributed by atoms with Crippen LogP contribution in [0.1, 0.15) is 30.0 Å². The number of nitrogens with zero attached hydrogens (tertiary/aromatic N) is 4. The van der Waals surface area contributed by atoms with Gasteiger partial charge in [-0.1, -0.05) is 30.3 Å². The van der Waals surface area contributed by atoms with Crippen molar-refractivity contribution in [3.05, 3.63) is 100 Å². The van der Waals surface area contributed by atoms with E-state index in [9.17, 15) is 23.2 Å². The summed E-state index contributed by atoms with van der Waals surface area (Å²) in [7, 11) is 0. The Morgan fingerprint density at radius 3 is 2.43 bits per heavy atom. The van der Waals surface area contributed by atoms with Crippen LogP contribution >= 0.6 is 0 Å². The van der Waals surface area contributed by atoms with Gasteiger partial charge in [0, 0.05) is 57.4 Å². The Bertz CT molecular complexity index is 1700. The number of benzene rings is 3. The summed E-state index contributed by atoms with van der Waals surface area (Å²) in [6.45, 7) is 4.11. The number of nitrogens with one attached hydrogen (secondary N) is 2. The van der Waals surface area contributed by atoms with E-state index in [2.05, 4.69) is 32.7 Å². The van der Waals surface area contributed by atoms with Gasteiger partial charge in [-0.3, -0.25) is 29.2 Å². The van der Waals surface area contributed by atoms with Gasteiger partial charge in [-0.25, -0.2) is 13.8 Å². The lowest BCUT2D eigenvalue weighted by Crippen LogP contribution is -2.46. The zero-order valence-electron chi connectivity index (χ0n) is 22.9. The molecule has 3 aromatic carbocycles. The van der Waals surface area contributed by atoms with Crippen LogP contribution in [0.15, 0.2) is 71.8 Å². The quantitative estimate of drug-likeness (QED) is 0.327. The van der Waals surface area contributed by atoms with Crippen LogP contribution in [0.2, 0.25) is 0 Å². The fraction of sp³-hybridized carbons (Fsp3) is 0.290. The first-order valence-electron chi connectivity index (χ1n) is 13.9. The molecule has 1 unspecified atom stereocenters. The third kappa shape index (κ3) is 5.73. The number of fused-ring (bicyclic) bond motifs is 1. The van der Waals surface area contributed by atoms with Crippen LogP contribution in [-0.4, -0.2) is 52.4 Å². The van der Waals surface area contributed by atoms with Crippen LogP contribution in [-0.2, 0) is 22.7 Å². The molecular weight excluding hydrogens is 542 g/mol. The smallest absolute Gasteiger partial charge is 0.264 e. The Hall–Kier alpha value is -4.64. The molecule has 2 fully saturated rings. The van der Waals surface area contributed by atoms with Crippen LogP contribution in [0.3, 0.4) is 0 Å². The van der Waals surface area contributed by atoms with Crippen molar-refractivity contribution >= 4 is 34.1 Å². The van der Waals surface area contributed by atoms with Gasteiger partial charge in [0.25, 0.3) is 5.56 Å². The number of carbonyl (C=O) groups excluding carboxylic acids is 2. The van der Waals surface area contributed by atoms with E-state index in [4.69, 9.17) is 0 Å². The van der Waals surface area contributed by atoms with Crippen LogP contribution in [0.5, 0.6) is 0 Å². The zero-order chi connectivity index (χ0) is 29.2. The molecule has 3 heterocycles. The number of rotatable bonds is 7. The molecule has 1 aromatic heterocycles. The standard InChI is InChI=1S/C31H30F2N6O3/c32-22-8-9-26(23(33)16-22)38-14-12-37(13-15-38)18-21-6-4-20(5-7-21)17-34-24-2-1-3-25-29(24)31(42)39(19-35-25)27-10-11-28(40)36-30(27)41/h1-9,16,19,27,34H,10-15,17-18H2,(H,36,40,41). The molecule has 1 atom stereocenters. The number of imide groups is 1. The Morgan fingerprint density at radius 1 is 0.929 bits per heavy atom. The van der Waals surface area contributed by atoms with Gasteiger partial charge in [0.05, 0.1) is 22.9 Å². The predicted molar refractivity (Wildman–Crippen MR) is 155 cm³/mol. The second-order valence-corrected chi connectivity index (χ2v) is 10.7. The number of hydrogen-bond acceptors (Lipinski definition) is 7. The second kappa shape index (κ2) is 11.7. The molecule has 2 saturated heterocycles. The van der Waals surface area contributed by atoms with E-state index in [1.165, 1.54) is 23.0 Å². The lowest BCUT2D eigenvalue weighted by Gasteiger charge is -2.36. The van der Waals surface area contributed by atoms with Crippen molar-refractivity contribution in [3.63, 3.8) is 0 Å². The highest BCUT2D eigenvalue weighted by molar-refractivity contribution is 5.99. The summed E-state index contributed by atoms with van der Waals surface area (Å²) in [5.41, 5.74) is 3.42. The van der Waals surface area contributed by atoms with E-state index in [1.54, 1.807) is 6.07 Å². The third-order valence-corrected chi connectivity index (χ3v) is 7.89. The molecule has 42 heavy (non-hydrogen) atoms. The molecule has 0 saturated carbocycles. The highest BCUT2D eigenvalue weighted by Crippen LogP contribution is 2.24. The van der Waals surface area contributed by atoms with Gasteiger partial charge in [0.15, 0.2) is 0 Å². The first kappa shape index (κ1) is 27.5. The Labute approximate surface area is 240 Å². The number of amides is 2. The first-order valence-corrected chi connectivity index (χ1v) is 13.9. The summed E-state index contributed by atoms with van der Waals surface area (Å²) in [6.07, 6.45) is 1.79. The van der Waals surface area contributed by atoms with Crippen molar-refractivity contribution in [2.75, 3.05) is 36.4 Å². The number of aromatic nitrogens is 2. The molecular formula is C31H30F2N6O3. The van der Waals surface area contributed by atoms with Crippen LogP contribution in [0.25, 0.3) is 10.9 Å². The van der Waals surface area contributed by atoms with E-state index >= 15 is 0 Å². The molecule has 9 nitrogen and oxygen atoms in total. The van der Waals surface area contributed by atoms with E-state index in [0.717, 1.165) is 36.8 Å². The molecule has 0 spiro atoms. The maximum atomic E-state index is 14.2. The molecule has 2 amide bonds. The Balaban J connectivity index is 1.08. The SMILES string of the molecule is O=C1CCC(n2cnc3cccc(NCc4ccc(CN5CCN(c6ccc(F)cc6F)CC5)cc4)c3c2=O)C(=O)N1. The van der Waals surface area contributed by atoms with E-state index < -0.39 is 23.6 Å². The number of hydrogen-bond donors (Lipinski definition) is 2. The second-order valence-electron chi connectivity index (χ2n) is 10.7. The fourth-order valence-electron chi connectivity index (χ4n) is 5.60. The molecule has 6 rings (SSSR count). The largest absolute Gasteiger partial charge is 0.380 e. The minimum atomic E-state index is -0.778. The number of anilines is 2. The molecule has 0 radical (unpaired) electrons. The van der Waals surface area contributed by atoms with Crippen molar-refractivity contribution < 1.29 is 18.4 Å². The van der Waals surface area contributed by atoms with Gasteiger partial charge >= 0.3 is 0 Å². The Morgan fingerprint density at radius 2 is 1.69 bits per heavy atom. The molecule has 11 heteroatoms. The molecule has 216 valence electrons. The predicted octanol–water partition coefficient (Wildman–Crippen LogP) is 3.59. The van der Waals surface area contributed by atoms with Gasteiger partial charge in [-0.05, 0) is 41.8 Å². The molecule has 4 aromatic rings. The molecule has 0 bridgehead atoms. The number of carbonyl (C=O) groups is 2. The number of piperidine rings is 1. The lowest BCUT2D eigenvalue weighted by atomic mass is 10.1.